The molecule has 1 saturated carbocycles. The maximum Gasteiger partial charge on any atom is 0.418 e. The molecule has 5 rings (SSSR count). The van der Waals surface area contributed by atoms with Gasteiger partial charge in [0, 0.05) is 12.3 Å². The molecule has 0 saturated heterocycles. The molecule has 0 unspecified atom stereocenters. The van der Waals surface area contributed by atoms with Crippen LogP contribution in [0, 0.1) is 11.9 Å². The minimum atomic E-state index is -4.62. The van der Waals surface area contributed by atoms with Crippen molar-refractivity contribution < 1.29 is 27.5 Å². The van der Waals surface area contributed by atoms with Crippen molar-refractivity contribution in [3.8, 4) is 0 Å². The number of carboxylic acids is 1. The fourth-order valence-corrected chi connectivity index (χ4v) is 4.60. The number of hydrogen-bond acceptors (Lipinski definition) is 3. The molecule has 5 nitrogen and oxygen atoms in total. The van der Waals surface area contributed by atoms with Crippen LogP contribution in [0.5, 0.6) is 0 Å². The number of H-pyrrole nitrogens is 1. The number of pyridine rings is 1. The normalized spacial score (nSPS) is 15.1. The molecule has 1 aliphatic rings. The number of aromatic amines is 1. The first-order valence-corrected chi connectivity index (χ1v) is 11.6. The number of allylic oxidation sites excluding steroid dienone is 1. The topological polar surface area (TPSA) is 78.9 Å². The Bertz CT molecular complexity index is 1530. The van der Waals surface area contributed by atoms with Crippen LogP contribution in [-0.4, -0.2) is 26.3 Å². The molecule has 0 bridgehead atoms. The number of aliphatic carboxylic acids is 1. The molecule has 4 aromatic rings. The molecule has 1 aliphatic carbocycles. The quantitative estimate of drug-likeness (QED) is 0.218. The Morgan fingerprint density at radius 1 is 1.05 bits per heavy atom. The first kappa shape index (κ1) is 24.4. The minimum absolute atomic E-state index is 0.141. The van der Waals surface area contributed by atoms with E-state index in [0.717, 1.165) is 18.6 Å². The van der Waals surface area contributed by atoms with Crippen LogP contribution >= 0.6 is 0 Å². The van der Waals surface area contributed by atoms with Crippen LogP contribution in [0.1, 0.15) is 47.2 Å². The average molecular weight is 507 g/mol. The first-order valence-electron chi connectivity index (χ1n) is 11.6. The van der Waals surface area contributed by atoms with Crippen molar-refractivity contribution in [2.24, 2.45) is 5.92 Å². The Hall–Kier alpha value is -4.27. The Morgan fingerprint density at radius 3 is 2.43 bits per heavy atom. The summed E-state index contributed by atoms with van der Waals surface area (Å²) in [6, 6.07) is 14.0. The number of carbonyl (C=O) groups is 1. The zero-order valence-corrected chi connectivity index (χ0v) is 19.4. The molecule has 188 valence electrons. The fourth-order valence-electron chi connectivity index (χ4n) is 4.60. The second-order valence-electron chi connectivity index (χ2n) is 8.88. The zero-order valence-electron chi connectivity index (χ0n) is 19.4. The number of nitrogens with one attached hydrogen (secondary N) is 1. The third kappa shape index (κ3) is 4.89. The highest BCUT2D eigenvalue weighted by molar-refractivity contribution is 6.01. The Balaban J connectivity index is 1.80. The number of aromatic nitrogens is 3. The number of halogens is 4. The summed E-state index contributed by atoms with van der Waals surface area (Å²) < 4.78 is 56.7. The first-order chi connectivity index (χ1) is 17.7. The third-order valence-electron chi connectivity index (χ3n) is 6.56. The van der Waals surface area contributed by atoms with Crippen LogP contribution in [0.3, 0.4) is 0 Å². The maximum atomic E-state index is 14.4. The third-order valence-corrected chi connectivity index (χ3v) is 6.56. The van der Waals surface area contributed by atoms with Gasteiger partial charge < -0.3 is 5.11 Å². The van der Waals surface area contributed by atoms with E-state index in [1.165, 1.54) is 18.3 Å². The van der Waals surface area contributed by atoms with Crippen molar-refractivity contribution in [2.45, 2.75) is 25.4 Å². The fraction of sp³-hybridized carbons (Fsp3) is 0.179. The van der Waals surface area contributed by atoms with Crippen LogP contribution in [-0.2, 0) is 11.0 Å². The van der Waals surface area contributed by atoms with Gasteiger partial charge in [0.15, 0.2) is 0 Å². The highest BCUT2D eigenvalue weighted by Gasteiger charge is 2.38. The Morgan fingerprint density at radius 2 is 1.78 bits per heavy atom. The molecule has 9 heteroatoms. The summed E-state index contributed by atoms with van der Waals surface area (Å²) >= 11 is 0. The number of alkyl halides is 3. The predicted octanol–water partition coefficient (Wildman–Crippen LogP) is 6.97. The molecule has 1 fully saturated rings. The highest BCUT2D eigenvalue weighted by atomic mass is 19.4. The van der Waals surface area contributed by atoms with Crippen LogP contribution in [0.15, 0.2) is 66.9 Å². The van der Waals surface area contributed by atoms with E-state index >= 15 is 0 Å². The molecule has 2 aromatic carbocycles. The van der Waals surface area contributed by atoms with Gasteiger partial charge >= 0.3 is 12.1 Å². The zero-order chi connectivity index (χ0) is 26.2. The van der Waals surface area contributed by atoms with Gasteiger partial charge in [-0.15, -0.1) is 0 Å². The van der Waals surface area contributed by atoms with E-state index < -0.39 is 23.7 Å². The van der Waals surface area contributed by atoms with Crippen molar-refractivity contribution >= 4 is 34.1 Å². The van der Waals surface area contributed by atoms with Gasteiger partial charge in [-0.25, -0.2) is 4.79 Å². The van der Waals surface area contributed by atoms with Crippen LogP contribution in [0.4, 0.5) is 17.6 Å². The number of fused-ring (bicyclic) bond motifs is 1. The lowest BCUT2D eigenvalue weighted by Crippen LogP contribution is -2.19. The molecule has 0 amide bonds. The van der Waals surface area contributed by atoms with E-state index in [1.807, 2.05) is 0 Å². The van der Waals surface area contributed by atoms with Gasteiger partial charge in [0.05, 0.1) is 22.2 Å². The number of benzene rings is 2. The van der Waals surface area contributed by atoms with E-state index in [2.05, 4.69) is 15.2 Å². The molecule has 2 N–H and O–H groups in total. The average Bonchev–Trinajstić information content (AvgIpc) is 3.21. The SMILES string of the molecule is O=C(O)/C=C/c1ccc(C(=C(c2ncccc2C(F)(F)F)C2CCC2)c2ccc3n[nH]c(F)c3c2)cc1. The lowest BCUT2D eigenvalue weighted by molar-refractivity contribution is -0.138. The van der Waals surface area contributed by atoms with Gasteiger partial charge in [0.25, 0.3) is 0 Å². The molecular weight excluding hydrogens is 486 g/mol. The van der Waals surface area contributed by atoms with Gasteiger partial charge in [0.1, 0.15) is 0 Å². The van der Waals surface area contributed by atoms with Crippen molar-refractivity contribution in [2.75, 3.05) is 0 Å². The lowest BCUT2D eigenvalue weighted by atomic mass is 9.73. The van der Waals surface area contributed by atoms with Gasteiger partial charge in [-0.1, -0.05) is 36.8 Å². The summed E-state index contributed by atoms with van der Waals surface area (Å²) in [5, 5.41) is 15.4. The number of rotatable bonds is 6. The van der Waals surface area contributed by atoms with Crippen LogP contribution < -0.4 is 0 Å². The largest absolute Gasteiger partial charge is 0.478 e. The van der Waals surface area contributed by atoms with Gasteiger partial charge in [-0.3, -0.25) is 10.1 Å². The maximum absolute atomic E-state index is 14.4. The lowest BCUT2D eigenvalue weighted by Gasteiger charge is -2.32. The molecule has 37 heavy (non-hydrogen) atoms. The monoisotopic (exact) mass is 507 g/mol. The van der Waals surface area contributed by atoms with Gasteiger partial charge in [-0.05, 0) is 76.9 Å². The highest BCUT2D eigenvalue weighted by Crippen LogP contribution is 2.47. The number of carboxylic acid groups (broad SMARTS) is 1. The number of nitrogens with zero attached hydrogens (tertiary/aromatic N) is 2. The summed E-state index contributed by atoms with van der Waals surface area (Å²) in [4.78, 5) is 15.1. The van der Waals surface area contributed by atoms with E-state index in [-0.39, 0.29) is 17.0 Å². The molecule has 2 heterocycles. The molecule has 0 aliphatic heterocycles. The van der Waals surface area contributed by atoms with Gasteiger partial charge in [-0.2, -0.15) is 22.7 Å². The van der Waals surface area contributed by atoms with Crippen molar-refractivity contribution in [1.29, 1.82) is 0 Å². The van der Waals surface area contributed by atoms with Crippen molar-refractivity contribution in [3.63, 3.8) is 0 Å². The van der Waals surface area contributed by atoms with Crippen LogP contribution in [0.2, 0.25) is 0 Å². The second-order valence-corrected chi connectivity index (χ2v) is 8.88. The molecular formula is C28H21F4N3O2. The second kappa shape index (κ2) is 9.65. The summed E-state index contributed by atoms with van der Waals surface area (Å²) in [5.41, 5.74) is 2.15. The Labute approximate surface area is 209 Å². The predicted molar refractivity (Wildman–Crippen MR) is 132 cm³/mol. The van der Waals surface area contributed by atoms with E-state index in [0.29, 0.717) is 46.2 Å². The molecule has 0 radical (unpaired) electrons. The summed E-state index contributed by atoms with van der Waals surface area (Å²) in [6.07, 6.45) is 1.45. The van der Waals surface area contributed by atoms with Crippen molar-refractivity contribution in [1.82, 2.24) is 15.2 Å². The van der Waals surface area contributed by atoms with E-state index in [1.54, 1.807) is 42.5 Å². The summed E-state index contributed by atoms with van der Waals surface area (Å²) in [7, 11) is 0. The molecule has 2 aromatic heterocycles. The summed E-state index contributed by atoms with van der Waals surface area (Å²) in [6.45, 7) is 0. The van der Waals surface area contributed by atoms with Gasteiger partial charge in [0.2, 0.25) is 5.95 Å². The van der Waals surface area contributed by atoms with E-state index in [4.69, 9.17) is 5.11 Å². The standard InChI is InChI=1S/C28H21F4N3O2/c29-27-20-15-19(11-12-22(20)34-35-27)24(18-9-6-16(7-10-18)8-13-23(36)37)25(17-3-1-4-17)26-21(28(30,31)32)5-2-14-33-26/h2,5-15,17H,1,3-4H2,(H,34,35)(H,36,37)/b13-8+,25-24?. The van der Waals surface area contributed by atoms with Crippen LogP contribution in [0.25, 0.3) is 28.1 Å². The molecule has 0 atom stereocenters. The van der Waals surface area contributed by atoms with Crippen molar-refractivity contribution in [3.05, 3.63) is 101 Å². The minimum Gasteiger partial charge on any atom is -0.478 e. The Kier molecular flexibility index (Phi) is 6.37. The summed E-state index contributed by atoms with van der Waals surface area (Å²) in [5.74, 6) is -1.89. The molecule has 0 spiro atoms. The smallest absolute Gasteiger partial charge is 0.418 e. The number of hydrogen-bond donors (Lipinski definition) is 2. The van der Waals surface area contributed by atoms with E-state index in [9.17, 15) is 22.4 Å².